The average Bonchev–Trinajstić information content (AvgIpc) is 2.92. The summed E-state index contributed by atoms with van der Waals surface area (Å²) in [6.45, 7) is 3.76. The summed E-state index contributed by atoms with van der Waals surface area (Å²) in [5.74, 6) is 0.957. The van der Waals surface area contributed by atoms with Crippen LogP contribution in [0.2, 0.25) is 0 Å². The van der Waals surface area contributed by atoms with E-state index >= 15 is 0 Å². The van der Waals surface area contributed by atoms with Crippen LogP contribution in [0.3, 0.4) is 0 Å². The molecule has 0 N–H and O–H groups in total. The average molecular weight is 245 g/mol. The number of methoxy groups -OCH3 is 1. The Bertz CT molecular complexity index is 442. The molecule has 0 spiro atoms. The maximum atomic E-state index is 12.0. The first kappa shape index (κ1) is 12.7. The standard InChI is InChI=1S/C15H19NO2/c1-12(11-15(17)16-9-3-4-10-16)13-5-7-14(18-2)8-6-13/h5-8,11H,3-4,9-10H2,1-2H3/b12-11+. The quantitative estimate of drug-likeness (QED) is 0.766. The first-order valence-electron chi connectivity index (χ1n) is 6.32. The van der Waals surface area contributed by atoms with Crippen molar-refractivity contribution < 1.29 is 9.53 Å². The monoisotopic (exact) mass is 245 g/mol. The highest BCUT2D eigenvalue weighted by Crippen LogP contribution is 2.19. The van der Waals surface area contributed by atoms with Gasteiger partial charge in [0.2, 0.25) is 5.91 Å². The van der Waals surface area contributed by atoms with Crippen LogP contribution < -0.4 is 4.74 Å². The molecule has 1 aromatic carbocycles. The van der Waals surface area contributed by atoms with Gasteiger partial charge in [0.15, 0.2) is 0 Å². The molecule has 3 heteroatoms. The highest BCUT2D eigenvalue weighted by molar-refractivity contribution is 5.95. The van der Waals surface area contributed by atoms with Crippen molar-refractivity contribution in [3.63, 3.8) is 0 Å². The first-order chi connectivity index (χ1) is 8.70. The second-order valence-electron chi connectivity index (χ2n) is 4.59. The number of carbonyl (C=O) groups is 1. The lowest BCUT2D eigenvalue weighted by Crippen LogP contribution is -2.25. The zero-order valence-electron chi connectivity index (χ0n) is 11.0. The van der Waals surface area contributed by atoms with Gasteiger partial charge in [0.05, 0.1) is 7.11 Å². The lowest BCUT2D eigenvalue weighted by Gasteiger charge is -2.13. The maximum absolute atomic E-state index is 12.0. The van der Waals surface area contributed by atoms with Crippen LogP contribution in [0, 0.1) is 0 Å². The summed E-state index contributed by atoms with van der Waals surface area (Å²) in [6, 6.07) is 7.77. The molecule has 18 heavy (non-hydrogen) atoms. The predicted molar refractivity (Wildman–Crippen MR) is 72.5 cm³/mol. The summed E-state index contributed by atoms with van der Waals surface area (Å²) in [6.07, 6.45) is 3.98. The van der Waals surface area contributed by atoms with Gasteiger partial charge in [-0.2, -0.15) is 0 Å². The van der Waals surface area contributed by atoms with Crippen LogP contribution >= 0.6 is 0 Å². The number of allylic oxidation sites excluding steroid dienone is 1. The van der Waals surface area contributed by atoms with Crippen LogP contribution in [-0.4, -0.2) is 31.0 Å². The van der Waals surface area contributed by atoms with E-state index in [1.54, 1.807) is 13.2 Å². The lowest BCUT2D eigenvalue weighted by molar-refractivity contribution is -0.124. The highest BCUT2D eigenvalue weighted by atomic mass is 16.5. The third-order valence-electron chi connectivity index (χ3n) is 3.30. The predicted octanol–water partition coefficient (Wildman–Crippen LogP) is 2.72. The van der Waals surface area contributed by atoms with Gasteiger partial charge < -0.3 is 9.64 Å². The Morgan fingerprint density at radius 3 is 2.39 bits per heavy atom. The normalized spacial score (nSPS) is 15.9. The molecule has 0 atom stereocenters. The molecule has 1 saturated heterocycles. The van der Waals surface area contributed by atoms with Crippen LogP contribution in [0.25, 0.3) is 5.57 Å². The Balaban J connectivity index is 2.08. The van der Waals surface area contributed by atoms with Crippen molar-refractivity contribution in [3.8, 4) is 5.75 Å². The Kier molecular flexibility index (Phi) is 4.03. The van der Waals surface area contributed by atoms with E-state index in [2.05, 4.69) is 0 Å². The van der Waals surface area contributed by atoms with Crippen molar-refractivity contribution >= 4 is 11.5 Å². The van der Waals surface area contributed by atoms with E-state index in [0.29, 0.717) is 0 Å². The number of hydrogen-bond donors (Lipinski definition) is 0. The van der Waals surface area contributed by atoms with E-state index in [9.17, 15) is 4.79 Å². The smallest absolute Gasteiger partial charge is 0.246 e. The van der Waals surface area contributed by atoms with Crippen molar-refractivity contribution in [1.29, 1.82) is 0 Å². The topological polar surface area (TPSA) is 29.5 Å². The number of hydrogen-bond acceptors (Lipinski definition) is 2. The molecule has 96 valence electrons. The Labute approximate surface area is 108 Å². The fraction of sp³-hybridized carbons (Fsp3) is 0.400. The van der Waals surface area contributed by atoms with E-state index in [4.69, 9.17) is 4.74 Å². The number of carbonyl (C=O) groups excluding carboxylic acids is 1. The molecule has 2 rings (SSSR count). The number of benzene rings is 1. The number of ether oxygens (including phenoxy) is 1. The van der Waals surface area contributed by atoms with Gasteiger partial charge in [0.1, 0.15) is 5.75 Å². The number of rotatable bonds is 3. The molecular formula is C15H19NO2. The van der Waals surface area contributed by atoms with Gasteiger partial charge in [-0.05, 0) is 43.0 Å². The van der Waals surface area contributed by atoms with Crippen molar-refractivity contribution in [2.45, 2.75) is 19.8 Å². The molecule has 0 aromatic heterocycles. The SMILES string of the molecule is COc1ccc(/C(C)=C/C(=O)N2CCCC2)cc1. The summed E-state index contributed by atoms with van der Waals surface area (Å²) < 4.78 is 5.12. The molecule has 3 nitrogen and oxygen atoms in total. The van der Waals surface area contributed by atoms with Crippen molar-refractivity contribution in [1.82, 2.24) is 4.90 Å². The number of nitrogens with zero attached hydrogens (tertiary/aromatic N) is 1. The van der Waals surface area contributed by atoms with Gasteiger partial charge in [-0.3, -0.25) is 4.79 Å². The van der Waals surface area contributed by atoms with Gasteiger partial charge in [0.25, 0.3) is 0 Å². The second kappa shape index (κ2) is 5.71. The molecule has 1 aromatic rings. The summed E-state index contributed by atoms with van der Waals surface area (Å²) in [5, 5.41) is 0. The largest absolute Gasteiger partial charge is 0.497 e. The van der Waals surface area contributed by atoms with Gasteiger partial charge in [-0.25, -0.2) is 0 Å². The molecule has 0 bridgehead atoms. The maximum Gasteiger partial charge on any atom is 0.246 e. The Hall–Kier alpha value is -1.77. The third kappa shape index (κ3) is 2.92. The number of amides is 1. The van der Waals surface area contributed by atoms with Gasteiger partial charge in [-0.15, -0.1) is 0 Å². The van der Waals surface area contributed by atoms with E-state index < -0.39 is 0 Å². The summed E-state index contributed by atoms with van der Waals surface area (Å²) in [4.78, 5) is 13.9. The van der Waals surface area contributed by atoms with Crippen molar-refractivity contribution in [2.75, 3.05) is 20.2 Å². The molecule has 1 fully saturated rings. The molecule has 0 aliphatic carbocycles. The van der Waals surface area contributed by atoms with Crippen molar-refractivity contribution in [2.24, 2.45) is 0 Å². The summed E-state index contributed by atoms with van der Waals surface area (Å²) >= 11 is 0. The molecule has 1 aliphatic heterocycles. The van der Waals surface area contributed by atoms with Crippen LogP contribution in [0.4, 0.5) is 0 Å². The summed E-state index contributed by atoms with van der Waals surface area (Å²) in [7, 11) is 1.65. The molecule has 0 radical (unpaired) electrons. The minimum absolute atomic E-state index is 0.126. The third-order valence-corrected chi connectivity index (χ3v) is 3.30. The van der Waals surface area contributed by atoms with Crippen LogP contribution in [0.15, 0.2) is 30.3 Å². The fourth-order valence-corrected chi connectivity index (χ4v) is 2.15. The number of likely N-dealkylation sites (tertiary alicyclic amines) is 1. The van der Waals surface area contributed by atoms with Gasteiger partial charge in [0, 0.05) is 19.2 Å². The van der Waals surface area contributed by atoms with Crippen LogP contribution in [-0.2, 0) is 4.79 Å². The van der Waals surface area contributed by atoms with Gasteiger partial charge in [-0.1, -0.05) is 12.1 Å². The fourth-order valence-electron chi connectivity index (χ4n) is 2.15. The molecule has 1 amide bonds. The molecule has 1 aliphatic rings. The van der Waals surface area contributed by atoms with E-state index in [-0.39, 0.29) is 5.91 Å². The van der Waals surface area contributed by atoms with E-state index in [0.717, 1.165) is 42.8 Å². The van der Waals surface area contributed by atoms with Crippen LogP contribution in [0.5, 0.6) is 5.75 Å². The zero-order valence-corrected chi connectivity index (χ0v) is 11.0. The summed E-state index contributed by atoms with van der Waals surface area (Å²) in [5.41, 5.74) is 2.05. The molecule has 1 heterocycles. The van der Waals surface area contributed by atoms with E-state index in [1.165, 1.54) is 0 Å². The Morgan fingerprint density at radius 1 is 1.22 bits per heavy atom. The zero-order chi connectivity index (χ0) is 13.0. The molecule has 0 saturated carbocycles. The lowest BCUT2D eigenvalue weighted by atomic mass is 10.1. The highest BCUT2D eigenvalue weighted by Gasteiger charge is 2.15. The molecular weight excluding hydrogens is 226 g/mol. The van der Waals surface area contributed by atoms with Crippen LogP contribution in [0.1, 0.15) is 25.3 Å². The van der Waals surface area contributed by atoms with Gasteiger partial charge >= 0.3 is 0 Å². The molecule has 0 unspecified atom stereocenters. The minimum Gasteiger partial charge on any atom is -0.497 e. The minimum atomic E-state index is 0.126. The first-order valence-corrected chi connectivity index (χ1v) is 6.32. The second-order valence-corrected chi connectivity index (χ2v) is 4.59. The Morgan fingerprint density at radius 2 is 1.83 bits per heavy atom. The van der Waals surface area contributed by atoms with Crippen molar-refractivity contribution in [3.05, 3.63) is 35.9 Å². The van der Waals surface area contributed by atoms with E-state index in [1.807, 2.05) is 36.1 Å².